The summed E-state index contributed by atoms with van der Waals surface area (Å²) in [6, 6.07) is 5.50. The zero-order valence-electron chi connectivity index (χ0n) is 19.8. The molecule has 0 spiro atoms. The Morgan fingerprint density at radius 2 is 1.82 bits per heavy atom. The van der Waals surface area contributed by atoms with E-state index in [4.69, 9.17) is 16.3 Å². The fourth-order valence-corrected chi connectivity index (χ4v) is 4.96. The van der Waals surface area contributed by atoms with Gasteiger partial charge >= 0.3 is 5.97 Å². The summed E-state index contributed by atoms with van der Waals surface area (Å²) in [5.41, 5.74) is 4.48. The number of nitrogens with one attached hydrogen (secondary N) is 2. The average Bonchev–Trinajstić information content (AvgIpc) is 2.75. The third-order valence-electron chi connectivity index (χ3n) is 6.62. The number of rotatable bonds is 7. The Hall–Kier alpha value is -2.60. The highest BCUT2D eigenvalue weighted by atomic mass is 35.5. The standard InChI is InChI=1S/C26H33ClN2O4/c1-5-33-26(32)19-8-6-18(7-9-19)11-20-12-21(27)13-22(17(20)4)24(30)28-14-23-15(2)10-16(3)29-25(23)31/h10,12-13,18-19H,5-9,11,14H2,1-4H3,(H,28,30)(H,29,31). The van der Waals surface area contributed by atoms with Gasteiger partial charge in [0.2, 0.25) is 0 Å². The Kier molecular flexibility index (Phi) is 8.35. The summed E-state index contributed by atoms with van der Waals surface area (Å²) in [5.74, 6) is 0.104. The normalized spacial score (nSPS) is 18.1. The van der Waals surface area contributed by atoms with E-state index in [-0.39, 0.29) is 29.9 Å². The van der Waals surface area contributed by atoms with Crippen molar-refractivity contribution >= 4 is 23.5 Å². The lowest BCUT2D eigenvalue weighted by Gasteiger charge is -2.28. The summed E-state index contributed by atoms with van der Waals surface area (Å²) in [7, 11) is 0. The highest BCUT2D eigenvalue weighted by molar-refractivity contribution is 6.31. The van der Waals surface area contributed by atoms with Gasteiger partial charge in [-0.3, -0.25) is 14.4 Å². The van der Waals surface area contributed by atoms with Crippen molar-refractivity contribution in [1.82, 2.24) is 10.3 Å². The van der Waals surface area contributed by atoms with Crippen molar-refractivity contribution in [1.29, 1.82) is 0 Å². The molecule has 33 heavy (non-hydrogen) atoms. The van der Waals surface area contributed by atoms with Gasteiger partial charge in [-0.15, -0.1) is 0 Å². The van der Waals surface area contributed by atoms with Crippen LogP contribution in [0.3, 0.4) is 0 Å². The summed E-state index contributed by atoms with van der Waals surface area (Å²) in [5, 5.41) is 3.40. The Morgan fingerprint density at radius 1 is 1.12 bits per heavy atom. The van der Waals surface area contributed by atoms with Crippen LogP contribution in [0.5, 0.6) is 0 Å². The molecule has 1 aliphatic rings. The number of amides is 1. The average molecular weight is 473 g/mol. The summed E-state index contributed by atoms with van der Waals surface area (Å²) in [6.45, 7) is 8.04. The van der Waals surface area contributed by atoms with Crippen LogP contribution < -0.4 is 10.9 Å². The molecule has 0 bridgehead atoms. The number of esters is 1. The number of aromatic amines is 1. The lowest BCUT2D eigenvalue weighted by Crippen LogP contribution is -2.28. The zero-order valence-corrected chi connectivity index (χ0v) is 20.6. The number of H-pyrrole nitrogens is 1. The van der Waals surface area contributed by atoms with Crippen LogP contribution >= 0.6 is 11.6 Å². The number of hydrogen-bond donors (Lipinski definition) is 2. The van der Waals surface area contributed by atoms with Crippen LogP contribution in [0, 0.1) is 32.6 Å². The van der Waals surface area contributed by atoms with E-state index in [9.17, 15) is 14.4 Å². The molecule has 1 aliphatic carbocycles. The number of aromatic nitrogens is 1. The quantitative estimate of drug-likeness (QED) is 0.567. The Balaban J connectivity index is 1.68. The smallest absolute Gasteiger partial charge is 0.308 e. The van der Waals surface area contributed by atoms with Crippen LogP contribution in [0.15, 0.2) is 23.0 Å². The molecule has 178 valence electrons. The third-order valence-corrected chi connectivity index (χ3v) is 6.84. The number of pyridine rings is 1. The second-order valence-electron chi connectivity index (χ2n) is 9.04. The summed E-state index contributed by atoms with van der Waals surface area (Å²) < 4.78 is 5.16. The zero-order chi connectivity index (χ0) is 24.1. The molecule has 1 fully saturated rings. The lowest BCUT2D eigenvalue weighted by molar-refractivity contribution is -0.149. The van der Waals surface area contributed by atoms with Crippen molar-refractivity contribution in [3.8, 4) is 0 Å². The minimum Gasteiger partial charge on any atom is -0.466 e. The molecule has 1 saturated carbocycles. The molecule has 6 nitrogen and oxygen atoms in total. The molecular formula is C26H33ClN2O4. The Morgan fingerprint density at radius 3 is 2.45 bits per heavy atom. The predicted octanol–water partition coefficient (Wildman–Crippen LogP) is 4.80. The number of halogens is 1. The van der Waals surface area contributed by atoms with E-state index in [1.54, 1.807) is 6.07 Å². The molecule has 0 aliphatic heterocycles. The van der Waals surface area contributed by atoms with Crippen molar-refractivity contribution in [3.05, 3.63) is 67.1 Å². The molecule has 1 amide bonds. The molecule has 3 rings (SSSR count). The number of ether oxygens (including phenoxy) is 1. The Labute approximate surface area is 200 Å². The first-order valence-corrected chi connectivity index (χ1v) is 12.0. The van der Waals surface area contributed by atoms with E-state index in [1.807, 2.05) is 39.8 Å². The van der Waals surface area contributed by atoms with Crippen LogP contribution in [0.4, 0.5) is 0 Å². The number of carbonyl (C=O) groups is 2. The fraction of sp³-hybridized carbons (Fsp3) is 0.500. The van der Waals surface area contributed by atoms with Crippen LogP contribution in [-0.2, 0) is 22.5 Å². The minimum atomic E-state index is -0.248. The van der Waals surface area contributed by atoms with Crippen molar-refractivity contribution in [2.45, 2.75) is 66.3 Å². The maximum Gasteiger partial charge on any atom is 0.308 e. The molecule has 1 aromatic carbocycles. The van der Waals surface area contributed by atoms with E-state index in [0.29, 0.717) is 28.7 Å². The summed E-state index contributed by atoms with van der Waals surface area (Å²) in [6.07, 6.45) is 4.39. The van der Waals surface area contributed by atoms with E-state index in [0.717, 1.165) is 54.5 Å². The summed E-state index contributed by atoms with van der Waals surface area (Å²) in [4.78, 5) is 40.0. The maximum absolute atomic E-state index is 13.0. The first-order chi connectivity index (χ1) is 15.7. The molecular weight excluding hydrogens is 440 g/mol. The topological polar surface area (TPSA) is 88.3 Å². The van der Waals surface area contributed by atoms with Gasteiger partial charge in [0.25, 0.3) is 11.5 Å². The van der Waals surface area contributed by atoms with Crippen molar-refractivity contribution in [2.75, 3.05) is 6.61 Å². The van der Waals surface area contributed by atoms with E-state index < -0.39 is 0 Å². The lowest BCUT2D eigenvalue weighted by atomic mass is 9.78. The van der Waals surface area contributed by atoms with Crippen LogP contribution in [0.2, 0.25) is 5.02 Å². The minimum absolute atomic E-state index is 0.00335. The fourth-order valence-electron chi connectivity index (χ4n) is 4.72. The maximum atomic E-state index is 13.0. The van der Waals surface area contributed by atoms with Crippen molar-refractivity contribution in [3.63, 3.8) is 0 Å². The number of aryl methyl sites for hydroxylation is 2. The molecule has 0 saturated heterocycles. The number of hydrogen-bond acceptors (Lipinski definition) is 4. The van der Waals surface area contributed by atoms with E-state index in [2.05, 4.69) is 10.3 Å². The molecule has 2 N–H and O–H groups in total. The summed E-state index contributed by atoms with van der Waals surface area (Å²) >= 11 is 6.37. The van der Waals surface area contributed by atoms with Gasteiger partial charge in [0.15, 0.2) is 0 Å². The van der Waals surface area contributed by atoms with E-state index >= 15 is 0 Å². The second-order valence-corrected chi connectivity index (χ2v) is 9.47. The molecule has 0 unspecified atom stereocenters. The van der Waals surface area contributed by atoms with Gasteiger partial charge in [-0.2, -0.15) is 0 Å². The van der Waals surface area contributed by atoms with Gasteiger partial charge in [0.1, 0.15) is 0 Å². The second kappa shape index (κ2) is 11.0. The SMILES string of the molecule is CCOC(=O)C1CCC(Cc2cc(Cl)cc(C(=O)NCc3c(C)cc(C)[nH]c3=O)c2C)CC1. The molecule has 1 heterocycles. The van der Waals surface area contributed by atoms with Crippen LogP contribution in [-0.4, -0.2) is 23.5 Å². The first-order valence-electron chi connectivity index (χ1n) is 11.6. The van der Waals surface area contributed by atoms with Gasteiger partial charge in [-0.25, -0.2) is 0 Å². The largest absolute Gasteiger partial charge is 0.466 e. The third kappa shape index (κ3) is 6.26. The van der Waals surface area contributed by atoms with Crippen LogP contribution in [0.25, 0.3) is 0 Å². The van der Waals surface area contributed by atoms with E-state index in [1.165, 1.54) is 0 Å². The first kappa shape index (κ1) is 25.0. The molecule has 7 heteroatoms. The predicted molar refractivity (Wildman–Crippen MR) is 130 cm³/mol. The molecule has 2 aromatic rings. The van der Waals surface area contributed by atoms with Crippen molar-refractivity contribution < 1.29 is 14.3 Å². The van der Waals surface area contributed by atoms with Gasteiger partial charge in [-0.05, 0) is 101 Å². The number of carbonyl (C=O) groups excluding carboxylic acids is 2. The highest BCUT2D eigenvalue weighted by Crippen LogP contribution is 2.33. The van der Waals surface area contributed by atoms with Gasteiger partial charge in [0, 0.05) is 28.4 Å². The van der Waals surface area contributed by atoms with Crippen molar-refractivity contribution in [2.24, 2.45) is 11.8 Å². The van der Waals surface area contributed by atoms with Gasteiger partial charge in [0.05, 0.1) is 12.5 Å². The van der Waals surface area contributed by atoms with Crippen LogP contribution in [0.1, 0.15) is 70.9 Å². The molecule has 0 radical (unpaired) electrons. The molecule has 1 aromatic heterocycles. The number of benzene rings is 1. The Bertz CT molecular complexity index is 1080. The van der Waals surface area contributed by atoms with Gasteiger partial charge < -0.3 is 15.0 Å². The molecule has 0 atom stereocenters. The van der Waals surface area contributed by atoms with Gasteiger partial charge in [-0.1, -0.05) is 11.6 Å². The monoisotopic (exact) mass is 472 g/mol. The highest BCUT2D eigenvalue weighted by Gasteiger charge is 2.28.